The predicted molar refractivity (Wildman–Crippen MR) is 49.6 cm³/mol. The smallest absolute Gasteiger partial charge is 0.140 e. The lowest BCUT2D eigenvalue weighted by atomic mass is 10.3. The second-order valence-corrected chi connectivity index (χ2v) is 3.05. The van der Waals surface area contributed by atoms with Crippen LogP contribution in [-0.2, 0) is 0 Å². The second-order valence-electron chi connectivity index (χ2n) is 2.31. The van der Waals surface area contributed by atoms with Gasteiger partial charge in [-0.15, -0.1) is 0 Å². The Morgan fingerprint density at radius 1 is 1.25 bits per heavy atom. The lowest BCUT2D eigenvalue weighted by molar-refractivity contribution is 1.32. The molecule has 0 radical (unpaired) electrons. The molecule has 2 nitrogen and oxygen atoms in total. The van der Waals surface area contributed by atoms with Crippen molar-refractivity contribution in [1.82, 2.24) is 9.97 Å². The fourth-order valence-electron chi connectivity index (χ4n) is 1.01. The molecule has 0 fully saturated rings. The van der Waals surface area contributed by atoms with Crippen molar-refractivity contribution in [2.75, 3.05) is 0 Å². The molecule has 0 N–H and O–H groups in total. The molecule has 0 saturated heterocycles. The maximum absolute atomic E-state index is 5.83. The molecule has 0 amide bonds. The van der Waals surface area contributed by atoms with Gasteiger partial charge in [-0.2, -0.15) is 0 Å². The zero-order valence-electron chi connectivity index (χ0n) is 5.96. The van der Waals surface area contributed by atoms with Crippen LogP contribution < -0.4 is 0 Å². The molecule has 0 saturated carbocycles. The Morgan fingerprint density at radius 2 is 2.08 bits per heavy atom. The summed E-state index contributed by atoms with van der Waals surface area (Å²) >= 11 is 11.5. The van der Waals surface area contributed by atoms with Crippen molar-refractivity contribution >= 4 is 34.1 Å². The van der Waals surface area contributed by atoms with Crippen molar-refractivity contribution in [2.45, 2.75) is 0 Å². The van der Waals surface area contributed by atoms with E-state index in [2.05, 4.69) is 9.97 Å². The highest BCUT2D eigenvalue weighted by Crippen LogP contribution is 2.22. The first kappa shape index (κ1) is 7.77. The lowest BCUT2D eigenvalue weighted by Gasteiger charge is -1.98. The Balaban J connectivity index is 2.89. The van der Waals surface area contributed by atoms with Crippen molar-refractivity contribution < 1.29 is 0 Å². The van der Waals surface area contributed by atoms with Gasteiger partial charge in [0.15, 0.2) is 0 Å². The zero-order chi connectivity index (χ0) is 8.55. The lowest BCUT2D eigenvalue weighted by Crippen LogP contribution is -1.82. The Bertz CT molecular complexity index is 428. The maximum Gasteiger partial charge on any atom is 0.140 e. The van der Waals surface area contributed by atoms with Crippen LogP contribution in [0.25, 0.3) is 10.9 Å². The van der Waals surface area contributed by atoms with E-state index in [4.69, 9.17) is 23.2 Å². The molecule has 12 heavy (non-hydrogen) atoms. The molecule has 0 aliphatic carbocycles. The number of rotatable bonds is 0. The maximum atomic E-state index is 5.83. The highest BCUT2D eigenvalue weighted by molar-refractivity contribution is 6.36. The SMILES string of the molecule is Clc1cc2ncccc2c(Cl)n1. The Morgan fingerprint density at radius 3 is 2.92 bits per heavy atom. The third-order valence-electron chi connectivity index (χ3n) is 1.52. The average molecular weight is 199 g/mol. The summed E-state index contributed by atoms with van der Waals surface area (Å²) in [5, 5.41) is 1.58. The van der Waals surface area contributed by atoms with Gasteiger partial charge < -0.3 is 0 Å². The van der Waals surface area contributed by atoms with Crippen molar-refractivity contribution in [3.8, 4) is 0 Å². The van der Waals surface area contributed by atoms with Crippen molar-refractivity contribution in [3.05, 3.63) is 34.7 Å². The minimum Gasteiger partial charge on any atom is -0.256 e. The van der Waals surface area contributed by atoms with E-state index in [1.807, 2.05) is 12.1 Å². The minimum atomic E-state index is 0.367. The van der Waals surface area contributed by atoms with Crippen LogP contribution in [0.1, 0.15) is 0 Å². The van der Waals surface area contributed by atoms with E-state index >= 15 is 0 Å². The molecular formula is C8H4Cl2N2. The van der Waals surface area contributed by atoms with Crippen LogP contribution in [0.4, 0.5) is 0 Å². The average Bonchev–Trinajstić information content (AvgIpc) is 2.04. The number of aromatic nitrogens is 2. The van der Waals surface area contributed by atoms with Crippen molar-refractivity contribution in [2.24, 2.45) is 0 Å². The predicted octanol–water partition coefficient (Wildman–Crippen LogP) is 2.94. The standard InChI is InChI=1S/C8H4Cl2N2/c9-7-4-6-5(8(10)12-7)2-1-3-11-6/h1-4H. The Hall–Kier alpha value is -0.860. The molecule has 0 bridgehead atoms. The second kappa shape index (κ2) is 2.88. The molecule has 0 unspecified atom stereocenters. The van der Waals surface area contributed by atoms with Crippen LogP contribution >= 0.6 is 23.2 Å². The van der Waals surface area contributed by atoms with Crippen LogP contribution in [0, 0.1) is 0 Å². The largest absolute Gasteiger partial charge is 0.256 e. The van der Waals surface area contributed by atoms with Gasteiger partial charge in [-0.1, -0.05) is 23.2 Å². The highest BCUT2D eigenvalue weighted by Gasteiger charge is 2.01. The molecule has 0 aliphatic heterocycles. The van der Waals surface area contributed by atoms with E-state index in [1.165, 1.54) is 0 Å². The van der Waals surface area contributed by atoms with Gasteiger partial charge in [-0.3, -0.25) is 4.98 Å². The summed E-state index contributed by atoms with van der Waals surface area (Å²) in [4.78, 5) is 7.99. The third kappa shape index (κ3) is 1.24. The molecule has 0 aliphatic rings. The van der Waals surface area contributed by atoms with E-state index in [-0.39, 0.29) is 0 Å². The topological polar surface area (TPSA) is 25.8 Å². The number of hydrogen-bond donors (Lipinski definition) is 0. The number of halogens is 2. The van der Waals surface area contributed by atoms with Gasteiger partial charge in [0.1, 0.15) is 10.3 Å². The fourth-order valence-corrected chi connectivity index (χ4v) is 1.49. The van der Waals surface area contributed by atoms with Gasteiger partial charge in [0.25, 0.3) is 0 Å². The first-order valence-corrected chi connectivity index (χ1v) is 4.10. The van der Waals surface area contributed by atoms with Gasteiger partial charge in [0.2, 0.25) is 0 Å². The molecule has 4 heteroatoms. The molecule has 60 valence electrons. The fraction of sp³-hybridized carbons (Fsp3) is 0. The summed E-state index contributed by atoms with van der Waals surface area (Å²) in [7, 11) is 0. The first-order valence-electron chi connectivity index (χ1n) is 3.34. The Kier molecular flexibility index (Phi) is 1.87. The molecular weight excluding hydrogens is 195 g/mol. The molecule has 2 heterocycles. The summed E-state index contributed by atoms with van der Waals surface area (Å²) < 4.78 is 0. The summed E-state index contributed by atoms with van der Waals surface area (Å²) in [6, 6.07) is 5.35. The van der Waals surface area contributed by atoms with E-state index in [1.54, 1.807) is 12.3 Å². The summed E-state index contributed by atoms with van der Waals surface area (Å²) in [5.74, 6) is 0. The van der Waals surface area contributed by atoms with Crippen molar-refractivity contribution in [1.29, 1.82) is 0 Å². The van der Waals surface area contributed by atoms with E-state index in [0.29, 0.717) is 10.3 Å². The van der Waals surface area contributed by atoms with E-state index in [0.717, 1.165) is 10.9 Å². The Labute approximate surface area is 79.2 Å². The molecule has 2 aromatic rings. The van der Waals surface area contributed by atoms with Crippen LogP contribution in [-0.4, -0.2) is 9.97 Å². The van der Waals surface area contributed by atoms with Gasteiger partial charge in [0.05, 0.1) is 5.52 Å². The number of pyridine rings is 2. The van der Waals surface area contributed by atoms with Crippen LogP contribution in [0.2, 0.25) is 10.3 Å². The van der Waals surface area contributed by atoms with Gasteiger partial charge >= 0.3 is 0 Å². The van der Waals surface area contributed by atoms with Crippen molar-refractivity contribution in [3.63, 3.8) is 0 Å². The number of fused-ring (bicyclic) bond motifs is 1. The summed E-state index contributed by atoms with van der Waals surface area (Å²) in [5.41, 5.74) is 0.766. The number of hydrogen-bond acceptors (Lipinski definition) is 2. The van der Waals surface area contributed by atoms with E-state index < -0.39 is 0 Å². The minimum absolute atomic E-state index is 0.367. The highest BCUT2D eigenvalue weighted by atomic mass is 35.5. The molecule has 2 aromatic heterocycles. The summed E-state index contributed by atoms with van der Waals surface area (Å²) in [6.07, 6.45) is 1.69. The molecule has 0 atom stereocenters. The van der Waals surface area contributed by atoms with Crippen LogP contribution in [0.15, 0.2) is 24.4 Å². The third-order valence-corrected chi connectivity index (χ3v) is 2.00. The summed E-state index contributed by atoms with van der Waals surface area (Å²) in [6.45, 7) is 0. The quantitative estimate of drug-likeness (QED) is 0.609. The zero-order valence-corrected chi connectivity index (χ0v) is 7.47. The molecule has 0 aromatic carbocycles. The molecule has 2 rings (SSSR count). The van der Waals surface area contributed by atoms with Crippen LogP contribution in [0.3, 0.4) is 0 Å². The normalized spacial score (nSPS) is 10.5. The van der Waals surface area contributed by atoms with Gasteiger partial charge in [-0.05, 0) is 12.1 Å². The van der Waals surface area contributed by atoms with E-state index in [9.17, 15) is 0 Å². The first-order chi connectivity index (χ1) is 5.77. The van der Waals surface area contributed by atoms with Gasteiger partial charge in [0, 0.05) is 17.6 Å². The molecule has 0 spiro atoms. The monoisotopic (exact) mass is 198 g/mol. The van der Waals surface area contributed by atoms with Gasteiger partial charge in [-0.25, -0.2) is 4.98 Å². The number of nitrogens with zero attached hydrogens (tertiary/aromatic N) is 2. The van der Waals surface area contributed by atoms with Crippen LogP contribution in [0.5, 0.6) is 0 Å².